The number of likely N-dealkylation sites (tertiary alicyclic amines) is 1. The molecular formula is C19H27N3O4S. The molecule has 1 aromatic rings. The second kappa shape index (κ2) is 8.73. The van der Waals surface area contributed by atoms with Gasteiger partial charge in [-0.05, 0) is 37.2 Å². The van der Waals surface area contributed by atoms with Crippen molar-refractivity contribution in [2.45, 2.75) is 31.7 Å². The minimum atomic E-state index is -3.04. The fourth-order valence-electron chi connectivity index (χ4n) is 3.75. The van der Waals surface area contributed by atoms with E-state index in [1.807, 2.05) is 18.2 Å². The molecule has 2 aliphatic rings. The number of hydrogen-bond donors (Lipinski definition) is 2. The molecule has 2 saturated heterocycles. The topological polar surface area (TPSA) is 95.6 Å². The molecule has 3 rings (SSSR count). The van der Waals surface area contributed by atoms with Crippen molar-refractivity contribution in [1.82, 2.24) is 15.5 Å². The van der Waals surface area contributed by atoms with Gasteiger partial charge >= 0.3 is 6.03 Å². The SMILES string of the molecule is O=C(NCC(=O)N1CCC(Cc2ccccc2)CC1)N[C@@H]1CCS(=O)(=O)C1. The summed E-state index contributed by atoms with van der Waals surface area (Å²) in [5, 5.41) is 5.18. The van der Waals surface area contributed by atoms with Gasteiger partial charge in [0.05, 0.1) is 18.1 Å². The van der Waals surface area contributed by atoms with Crippen molar-refractivity contribution in [1.29, 1.82) is 0 Å². The molecule has 7 nitrogen and oxygen atoms in total. The number of rotatable bonds is 5. The first-order valence-corrected chi connectivity index (χ1v) is 11.3. The minimum Gasteiger partial charge on any atom is -0.341 e. The number of benzene rings is 1. The van der Waals surface area contributed by atoms with Gasteiger partial charge in [-0.15, -0.1) is 0 Å². The van der Waals surface area contributed by atoms with E-state index in [1.54, 1.807) is 4.90 Å². The molecular weight excluding hydrogens is 366 g/mol. The molecule has 2 heterocycles. The summed E-state index contributed by atoms with van der Waals surface area (Å²) < 4.78 is 22.8. The Morgan fingerprint density at radius 2 is 1.78 bits per heavy atom. The third-order valence-electron chi connectivity index (χ3n) is 5.30. The van der Waals surface area contributed by atoms with Crippen LogP contribution in [0.4, 0.5) is 4.79 Å². The highest BCUT2D eigenvalue weighted by atomic mass is 32.2. The van der Waals surface area contributed by atoms with E-state index < -0.39 is 15.9 Å². The van der Waals surface area contributed by atoms with E-state index in [-0.39, 0.29) is 30.0 Å². The van der Waals surface area contributed by atoms with Crippen molar-refractivity contribution in [3.05, 3.63) is 35.9 Å². The summed E-state index contributed by atoms with van der Waals surface area (Å²) in [6, 6.07) is 9.53. The second-order valence-corrected chi connectivity index (χ2v) is 9.67. The molecule has 2 fully saturated rings. The zero-order valence-electron chi connectivity index (χ0n) is 15.4. The monoisotopic (exact) mass is 393 g/mol. The van der Waals surface area contributed by atoms with E-state index in [9.17, 15) is 18.0 Å². The van der Waals surface area contributed by atoms with Crippen LogP contribution in [-0.2, 0) is 21.1 Å². The Morgan fingerprint density at radius 3 is 2.41 bits per heavy atom. The number of sulfone groups is 1. The summed E-state index contributed by atoms with van der Waals surface area (Å²) >= 11 is 0. The Kier molecular flexibility index (Phi) is 6.36. The predicted molar refractivity (Wildman–Crippen MR) is 103 cm³/mol. The summed E-state index contributed by atoms with van der Waals surface area (Å²) in [6.45, 7) is 1.36. The van der Waals surface area contributed by atoms with Gasteiger partial charge < -0.3 is 15.5 Å². The number of carbonyl (C=O) groups is 2. The van der Waals surface area contributed by atoms with Crippen LogP contribution in [0.15, 0.2) is 30.3 Å². The summed E-state index contributed by atoms with van der Waals surface area (Å²) in [4.78, 5) is 26.0. The van der Waals surface area contributed by atoms with Crippen molar-refractivity contribution in [2.75, 3.05) is 31.1 Å². The van der Waals surface area contributed by atoms with Crippen LogP contribution in [0.1, 0.15) is 24.8 Å². The molecule has 0 bridgehead atoms. The van der Waals surface area contributed by atoms with Gasteiger partial charge in [0.25, 0.3) is 0 Å². The Labute approximate surface area is 160 Å². The molecule has 148 valence electrons. The predicted octanol–water partition coefficient (Wildman–Crippen LogP) is 0.954. The van der Waals surface area contributed by atoms with E-state index in [4.69, 9.17) is 0 Å². The lowest BCUT2D eigenvalue weighted by Crippen LogP contribution is -2.48. The van der Waals surface area contributed by atoms with Crippen LogP contribution >= 0.6 is 0 Å². The number of nitrogens with zero attached hydrogens (tertiary/aromatic N) is 1. The highest BCUT2D eigenvalue weighted by Gasteiger charge is 2.29. The number of amides is 3. The maximum Gasteiger partial charge on any atom is 0.315 e. The fourth-order valence-corrected chi connectivity index (χ4v) is 5.42. The number of urea groups is 1. The van der Waals surface area contributed by atoms with Crippen molar-refractivity contribution in [3.63, 3.8) is 0 Å². The van der Waals surface area contributed by atoms with Crippen molar-refractivity contribution < 1.29 is 18.0 Å². The molecule has 27 heavy (non-hydrogen) atoms. The Bertz CT molecular complexity index is 758. The molecule has 0 aromatic heterocycles. The summed E-state index contributed by atoms with van der Waals surface area (Å²) in [5.41, 5.74) is 1.33. The molecule has 2 aliphatic heterocycles. The van der Waals surface area contributed by atoms with Crippen LogP contribution in [0.5, 0.6) is 0 Å². The lowest BCUT2D eigenvalue weighted by atomic mass is 9.90. The van der Waals surface area contributed by atoms with E-state index in [0.29, 0.717) is 25.4 Å². The minimum absolute atomic E-state index is 0.0245. The fraction of sp³-hybridized carbons (Fsp3) is 0.579. The molecule has 1 aromatic carbocycles. The maximum atomic E-state index is 12.3. The smallest absolute Gasteiger partial charge is 0.315 e. The largest absolute Gasteiger partial charge is 0.341 e. The average Bonchev–Trinajstić information content (AvgIpc) is 2.99. The first-order valence-electron chi connectivity index (χ1n) is 9.48. The summed E-state index contributed by atoms with van der Waals surface area (Å²) in [7, 11) is -3.04. The molecule has 2 N–H and O–H groups in total. The zero-order chi connectivity index (χ0) is 19.3. The van der Waals surface area contributed by atoms with E-state index in [1.165, 1.54) is 5.56 Å². The quantitative estimate of drug-likeness (QED) is 0.779. The first-order chi connectivity index (χ1) is 12.9. The lowest BCUT2D eigenvalue weighted by molar-refractivity contribution is -0.131. The van der Waals surface area contributed by atoms with Crippen LogP contribution in [0.3, 0.4) is 0 Å². The molecule has 8 heteroatoms. The zero-order valence-corrected chi connectivity index (χ0v) is 16.2. The first kappa shape index (κ1) is 19.7. The Balaban J connectivity index is 1.35. The highest BCUT2D eigenvalue weighted by molar-refractivity contribution is 7.91. The van der Waals surface area contributed by atoms with Crippen molar-refractivity contribution >= 4 is 21.8 Å². The van der Waals surface area contributed by atoms with E-state index in [2.05, 4.69) is 22.8 Å². The van der Waals surface area contributed by atoms with Gasteiger partial charge in [-0.25, -0.2) is 13.2 Å². The number of nitrogens with one attached hydrogen (secondary N) is 2. The summed E-state index contributed by atoms with van der Waals surface area (Å²) in [5.74, 6) is 0.567. The molecule has 0 radical (unpaired) electrons. The lowest BCUT2D eigenvalue weighted by Gasteiger charge is -2.32. The van der Waals surface area contributed by atoms with E-state index in [0.717, 1.165) is 19.3 Å². The second-order valence-electron chi connectivity index (χ2n) is 7.44. The van der Waals surface area contributed by atoms with Crippen LogP contribution in [-0.4, -0.2) is 62.4 Å². The Morgan fingerprint density at radius 1 is 1.07 bits per heavy atom. The normalized spacial score (nSPS) is 22.4. The standard InChI is InChI=1S/C19H27N3O4S/c23-18(13-20-19(24)21-17-8-11-27(25,26)14-17)22-9-6-16(7-10-22)12-15-4-2-1-3-5-15/h1-5,16-17H,6-14H2,(H2,20,21,24)/t17-/m1/s1. The molecule has 0 aliphatic carbocycles. The highest BCUT2D eigenvalue weighted by Crippen LogP contribution is 2.21. The van der Waals surface area contributed by atoms with Gasteiger partial charge in [-0.2, -0.15) is 0 Å². The van der Waals surface area contributed by atoms with Crippen LogP contribution < -0.4 is 10.6 Å². The maximum absolute atomic E-state index is 12.3. The third kappa shape index (κ3) is 5.95. The number of piperidine rings is 1. The van der Waals surface area contributed by atoms with Crippen LogP contribution in [0.25, 0.3) is 0 Å². The summed E-state index contributed by atoms with van der Waals surface area (Å²) in [6.07, 6.45) is 3.39. The number of hydrogen-bond acceptors (Lipinski definition) is 4. The van der Waals surface area contributed by atoms with Gasteiger partial charge in [0.15, 0.2) is 9.84 Å². The molecule has 0 spiro atoms. The van der Waals surface area contributed by atoms with Gasteiger partial charge in [-0.1, -0.05) is 30.3 Å². The van der Waals surface area contributed by atoms with Gasteiger partial charge in [0, 0.05) is 19.1 Å². The van der Waals surface area contributed by atoms with Gasteiger partial charge in [0.2, 0.25) is 5.91 Å². The Hall–Kier alpha value is -2.09. The van der Waals surface area contributed by atoms with Gasteiger partial charge in [0.1, 0.15) is 0 Å². The van der Waals surface area contributed by atoms with Crippen molar-refractivity contribution in [2.24, 2.45) is 5.92 Å². The molecule has 0 saturated carbocycles. The average molecular weight is 394 g/mol. The van der Waals surface area contributed by atoms with Crippen LogP contribution in [0, 0.1) is 5.92 Å². The third-order valence-corrected chi connectivity index (χ3v) is 7.07. The van der Waals surface area contributed by atoms with Gasteiger partial charge in [-0.3, -0.25) is 4.79 Å². The molecule has 3 amide bonds. The van der Waals surface area contributed by atoms with Crippen LogP contribution in [0.2, 0.25) is 0 Å². The molecule has 1 atom stereocenters. The van der Waals surface area contributed by atoms with E-state index >= 15 is 0 Å². The number of carbonyl (C=O) groups excluding carboxylic acids is 2. The van der Waals surface area contributed by atoms with Crippen molar-refractivity contribution in [3.8, 4) is 0 Å². The molecule has 0 unspecified atom stereocenters.